The minimum atomic E-state index is 0.955. The fraction of sp³-hybridized carbons (Fsp3) is 1.00. The first-order valence-corrected chi connectivity index (χ1v) is 7.05. The van der Waals surface area contributed by atoms with Gasteiger partial charge in [0, 0.05) is 6.54 Å². The molecule has 1 aliphatic heterocycles. The van der Waals surface area contributed by atoms with E-state index in [1.54, 1.807) is 0 Å². The van der Waals surface area contributed by atoms with Crippen LogP contribution in [0, 0.1) is 5.92 Å². The van der Waals surface area contributed by atoms with E-state index >= 15 is 0 Å². The van der Waals surface area contributed by atoms with E-state index in [4.69, 9.17) is 0 Å². The highest BCUT2D eigenvalue weighted by Crippen LogP contribution is 2.14. The molecule has 1 saturated heterocycles. The Morgan fingerprint density at radius 1 is 1.00 bits per heavy atom. The van der Waals surface area contributed by atoms with Crippen LogP contribution in [0.1, 0.15) is 68.2 Å². The molecule has 0 spiro atoms. The van der Waals surface area contributed by atoms with Gasteiger partial charge in [0.2, 0.25) is 0 Å². The molecule has 15 heavy (non-hydrogen) atoms. The van der Waals surface area contributed by atoms with Crippen LogP contribution in [0.25, 0.3) is 0 Å². The Balaban J connectivity index is -0.000000208. The van der Waals surface area contributed by atoms with Crippen LogP contribution < -0.4 is 0 Å². The highest BCUT2D eigenvalue weighted by atomic mass is 15.1. The van der Waals surface area contributed by atoms with E-state index in [0.29, 0.717) is 0 Å². The molecule has 0 N–H and O–H groups in total. The normalized spacial score (nSPS) is 18.8. The van der Waals surface area contributed by atoms with Gasteiger partial charge in [-0.25, -0.2) is 0 Å². The second-order valence-electron chi connectivity index (χ2n) is 3.19. The lowest BCUT2D eigenvalue weighted by Crippen LogP contribution is -2.20. The molecule has 0 aromatic rings. The SMILES string of the molecule is CC.CC.CC.CCCN1CCC(C)C1. The van der Waals surface area contributed by atoms with Gasteiger partial charge in [-0.2, -0.15) is 0 Å². The molecule has 1 rings (SSSR count). The smallest absolute Gasteiger partial charge is 0.000749 e. The first-order valence-electron chi connectivity index (χ1n) is 7.05. The highest BCUT2D eigenvalue weighted by Gasteiger charge is 2.16. The largest absolute Gasteiger partial charge is 0.303 e. The molecule has 0 radical (unpaired) electrons. The van der Waals surface area contributed by atoms with Crippen LogP contribution in [0.4, 0.5) is 0 Å². The zero-order valence-electron chi connectivity index (χ0n) is 12.6. The average Bonchev–Trinajstić information content (AvgIpc) is 2.73. The van der Waals surface area contributed by atoms with Crippen molar-refractivity contribution in [3.8, 4) is 0 Å². The minimum absolute atomic E-state index is 0.955. The summed E-state index contributed by atoms with van der Waals surface area (Å²) < 4.78 is 0. The average molecular weight is 217 g/mol. The molecule has 1 unspecified atom stereocenters. The predicted octanol–water partition coefficient (Wildman–Crippen LogP) is 4.82. The van der Waals surface area contributed by atoms with Crippen LogP contribution in [-0.4, -0.2) is 24.5 Å². The number of likely N-dealkylation sites (tertiary alicyclic amines) is 1. The maximum absolute atomic E-state index is 2.56. The number of rotatable bonds is 2. The molecule has 1 atom stereocenters. The summed E-state index contributed by atoms with van der Waals surface area (Å²) in [6.07, 6.45) is 2.73. The fourth-order valence-electron chi connectivity index (χ4n) is 1.55. The Labute approximate surface area is 99.3 Å². The molecule has 1 fully saturated rings. The van der Waals surface area contributed by atoms with Crippen LogP contribution in [0.5, 0.6) is 0 Å². The summed E-state index contributed by atoms with van der Waals surface area (Å²) >= 11 is 0. The quantitative estimate of drug-likeness (QED) is 0.641. The van der Waals surface area contributed by atoms with Gasteiger partial charge in [-0.15, -0.1) is 0 Å². The Kier molecular flexibility index (Phi) is 26.5. The molecule has 1 heterocycles. The van der Waals surface area contributed by atoms with Gasteiger partial charge in [0.1, 0.15) is 0 Å². The van der Waals surface area contributed by atoms with Gasteiger partial charge in [0.15, 0.2) is 0 Å². The van der Waals surface area contributed by atoms with Crippen LogP contribution in [0.2, 0.25) is 0 Å². The molecular formula is C14H35N. The predicted molar refractivity (Wildman–Crippen MR) is 74.6 cm³/mol. The molecule has 0 bridgehead atoms. The molecule has 0 aliphatic carbocycles. The van der Waals surface area contributed by atoms with Crippen LogP contribution >= 0.6 is 0 Å². The molecule has 0 saturated carbocycles. The summed E-state index contributed by atoms with van der Waals surface area (Å²) in [6.45, 7) is 20.6. The third-order valence-electron chi connectivity index (χ3n) is 2.05. The van der Waals surface area contributed by atoms with Crippen LogP contribution in [0.15, 0.2) is 0 Å². The monoisotopic (exact) mass is 217 g/mol. The van der Waals surface area contributed by atoms with Gasteiger partial charge in [-0.05, 0) is 31.8 Å². The Hall–Kier alpha value is -0.0400. The van der Waals surface area contributed by atoms with Gasteiger partial charge in [-0.1, -0.05) is 55.4 Å². The third kappa shape index (κ3) is 14.0. The van der Waals surface area contributed by atoms with Crippen molar-refractivity contribution in [2.75, 3.05) is 19.6 Å². The molecule has 1 heteroatoms. The fourth-order valence-corrected chi connectivity index (χ4v) is 1.55. The lowest BCUT2D eigenvalue weighted by Gasteiger charge is -2.12. The molecule has 0 amide bonds. The van der Waals surface area contributed by atoms with Crippen molar-refractivity contribution in [2.24, 2.45) is 5.92 Å². The van der Waals surface area contributed by atoms with E-state index in [9.17, 15) is 0 Å². The maximum atomic E-state index is 2.56. The first kappa shape index (κ1) is 20.4. The van der Waals surface area contributed by atoms with E-state index in [2.05, 4.69) is 18.7 Å². The van der Waals surface area contributed by atoms with Gasteiger partial charge >= 0.3 is 0 Å². The summed E-state index contributed by atoms with van der Waals surface area (Å²) in [5, 5.41) is 0. The van der Waals surface area contributed by atoms with Gasteiger partial charge < -0.3 is 4.90 Å². The van der Waals surface area contributed by atoms with Crippen molar-refractivity contribution in [2.45, 2.75) is 68.2 Å². The van der Waals surface area contributed by atoms with Crippen molar-refractivity contribution >= 4 is 0 Å². The zero-order valence-corrected chi connectivity index (χ0v) is 12.6. The Morgan fingerprint density at radius 2 is 1.47 bits per heavy atom. The van der Waals surface area contributed by atoms with Crippen molar-refractivity contribution < 1.29 is 0 Å². The lowest BCUT2D eigenvalue weighted by molar-refractivity contribution is 0.328. The van der Waals surface area contributed by atoms with Crippen molar-refractivity contribution in [1.29, 1.82) is 0 Å². The number of nitrogens with zero attached hydrogens (tertiary/aromatic N) is 1. The summed E-state index contributed by atoms with van der Waals surface area (Å²) in [4.78, 5) is 2.56. The van der Waals surface area contributed by atoms with E-state index < -0.39 is 0 Å². The lowest BCUT2D eigenvalue weighted by atomic mass is 10.2. The van der Waals surface area contributed by atoms with Crippen LogP contribution in [-0.2, 0) is 0 Å². The van der Waals surface area contributed by atoms with E-state index in [1.807, 2.05) is 41.5 Å². The Morgan fingerprint density at radius 3 is 1.73 bits per heavy atom. The maximum Gasteiger partial charge on any atom is 0.000749 e. The first-order chi connectivity index (χ1) is 7.33. The van der Waals surface area contributed by atoms with Crippen LogP contribution in [0.3, 0.4) is 0 Å². The number of hydrogen-bond donors (Lipinski definition) is 0. The third-order valence-corrected chi connectivity index (χ3v) is 2.05. The second kappa shape index (κ2) is 19.5. The van der Waals surface area contributed by atoms with Crippen molar-refractivity contribution in [3.05, 3.63) is 0 Å². The molecular weight excluding hydrogens is 182 g/mol. The Bertz CT molecular complexity index is 79.4. The van der Waals surface area contributed by atoms with E-state index in [-0.39, 0.29) is 0 Å². The summed E-state index contributed by atoms with van der Waals surface area (Å²) in [5.41, 5.74) is 0. The molecule has 0 aromatic heterocycles. The molecule has 1 aliphatic rings. The minimum Gasteiger partial charge on any atom is -0.303 e. The van der Waals surface area contributed by atoms with Gasteiger partial charge in [0.25, 0.3) is 0 Å². The van der Waals surface area contributed by atoms with Crippen molar-refractivity contribution in [1.82, 2.24) is 4.90 Å². The van der Waals surface area contributed by atoms with E-state index in [1.165, 1.54) is 32.5 Å². The summed E-state index contributed by atoms with van der Waals surface area (Å²) in [6, 6.07) is 0. The summed E-state index contributed by atoms with van der Waals surface area (Å²) in [7, 11) is 0. The topological polar surface area (TPSA) is 3.24 Å². The van der Waals surface area contributed by atoms with E-state index in [0.717, 1.165) is 5.92 Å². The second-order valence-corrected chi connectivity index (χ2v) is 3.19. The zero-order chi connectivity index (χ0) is 12.7. The molecule has 0 aromatic carbocycles. The highest BCUT2D eigenvalue weighted by molar-refractivity contribution is 4.71. The molecule has 1 nitrogen and oxygen atoms in total. The van der Waals surface area contributed by atoms with Gasteiger partial charge in [-0.3, -0.25) is 0 Å². The molecule has 96 valence electrons. The van der Waals surface area contributed by atoms with Crippen molar-refractivity contribution in [3.63, 3.8) is 0 Å². The number of hydrogen-bond acceptors (Lipinski definition) is 1. The standard InChI is InChI=1S/C8H17N.3C2H6/c1-3-5-9-6-4-8(2)7-9;3*1-2/h8H,3-7H2,1-2H3;3*1-2H3. The van der Waals surface area contributed by atoms with Gasteiger partial charge in [0.05, 0.1) is 0 Å². The summed E-state index contributed by atoms with van der Waals surface area (Å²) in [5.74, 6) is 0.955.